The molecule has 1 amide bonds. The van der Waals surface area contributed by atoms with E-state index in [4.69, 9.17) is 0 Å². The summed E-state index contributed by atoms with van der Waals surface area (Å²) in [5.41, 5.74) is 0.192. The minimum atomic E-state index is -4.59. The second kappa shape index (κ2) is 5.85. The zero-order valence-electron chi connectivity index (χ0n) is 12.9. The molecule has 2 heterocycles. The number of carbonyl (C=O) groups excluding carboxylic acids is 1. The highest BCUT2D eigenvalue weighted by atomic mass is 19.4. The van der Waals surface area contributed by atoms with Gasteiger partial charge in [-0.05, 0) is 24.2 Å². The van der Waals surface area contributed by atoms with Crippen LogP contribution in [0.1, 0.15) is 49.8 Å². The molecule has 122 valence electrons. The van der Waals surface area contributed by atoms with E-state index in [0.717, 1.165) is 25.2 Å². The van der Waals surface area contributed by atoms with E-state index in [0.29, 0.717) is 19.0 Å². The Bertz CT molecular complexity index is 534. The van der Waals surface area contributed by atoms with Gasteiger partial charge in [0.25, 0.3) is 5.91 Å². The molecule has 1 saturated heterocycles. The van der Waals surface area contributed by atoms with Crippen LogP contribution in [0.2, 0.25) is 0 Å². The Labute approximate surface area is 127 Å². The highest BCUT2D eigenvalue weighted by Gasteiger charge is 2.35. The molecule has 0 saturated carbocycles. The van der Waals surface area contributed by atoms with Crippen LogP contribution in [0, 0.1) is 11.3 Å². The molecular formula is C15H20F3N3O. The first-order valence-electron chi connectivity index (χ1n) is 7.27. The molecule has 1 atom stereocenters. The maximum Gasteiger partial charge on any atom is 0.451 e. The van der Waals surface area contributed by atoms with Crippen LogP contribution >= 0.6 is 0 Å². The van der Waals surface area contributed by atoms with Crippen LogP contribution in [-0.4, -0.2) is 33.9 Å². The van der Waals surface area contributed by atoms with Crippen molar-refractivity contribution in [2.45, 2.75) is 39.8 Å². The van der Waals surface area contributed by atoms with Crippen LogP contribution in [0.15, 0.2) is 12.4 Å². The normalized spacial score (nSPS) is 20.1. The van der Waals surface area contributed by atoms with Gasteiger partial charge in [-0.25, -0.2) is 9.97 Å². The van der Waals surface area contributed by atoms with E-state index in [1.807, 2.05) is 0 Å². The molecule has 0 N–H and O–H groups in total. The second-order valence-electron chi connectivity index (χ2n) is 6.75. The number of amides is 1. The average molecular weight is 315 g/mol. The van der Waals surface area contributed by atoms with E-state index < -0.39 is 12.0 Å². The number of piperidine rings is 1. The van der Waals surface area contributed by atoms with Gasteiger partial charge in [0, 0.05) is 25.5 Å². The number of hydrogen-bond donors (Lipinski definition) is 0. The lowest BCUT2D eigenvalue weighted by atomic mass is 9.76. The zero-order chi connectivity index (χ0) is 16.5. The van der Waals surface area contributed by atoms with E-state index in [1.165, 1.54) is 0 Å². The third-order valence-electron chi connectivity index (χ3n) is 4.09. The van der Waals surface area contributed by atoms with E-state index in [-0.39, 0.29) is 16.9 Å². The first kappa shape index (κ1) is 16.7. The maximum atomic E-state index is 12.4. The summed E-state index contributed by atoms with van der Waals surface area (Å²) in [6, 6.07) is 0. The Morgan fingerprint density at radius 3 is 2.32 bits per heavy atom. The molecular weight excluding hydrogens is 295 g/mol. The van der Waals surface area contributed by atoms with Gasteiger partial charge in [-0.2, -0.15) is 13.2 Å². The molecule has 2 rings (SSSR count). The van der Waals surface area contributed by atoms with Gasteiger partial charge in [0.2, 0.25) is 5.82 Å². The molecule has 1 aliphatic rings. The number of alkyl halides is 3. The smallest absolute Gasteiger partial charge is 0.338 e. The van der Waals surface area contributed by atoms with Crippen LogP contribution in [0.5, 0.6) is 0 Å². The number of likely N-dealkylation sites (tertiary alicyclic amines) is 1. The standard InChI is InChI=1S/C15H20F3N3O/c1-14(2,3)11-5-4-6-21(9-11)12(22)10-7-19-13(20-8-10)15(16,17)18/h7-8,11H,4-6,9H2,1-3H3. The molecule has 0 aromatic carbocycles. The number of hydrogen-bond acceptors (Lipinski definition) is 3. The van der Waals surface area contributed by atoms with Gasteiger partial charge in [-0.1, -0.05) is 20.8 Å². The molecule has 7 heteroatoms. The lowest BCUT2D eigenvalue weighted by molar-refractivity contribution is -0.145. The van der Waals surface area contributed by atoms with Crippen LogP contribution in [-0.2, 0) is 6.18 Å². The Morgan fingerprint density at radius 1 is 1.23 bits per heavy atom. The van der Waals surface area contributed by atoms with Gasteiger partial charge in [0.15, 0.2) is 0 Å². The summed E-state index contributed by atoms with van der Waals surface area (Å²) in [6.07, 6.45) is -0.728. The number of halogens is 3. The highest BCUT2D eigenvalue weighted by Crippen LogP contribution is 2.33. The zero-order valence-corrected chi connectivity index (χ0v) is 12.9. The van der Waals surface area contributed by atoms with E-state index >= 15 is 0 Å². The SMILES string of the molecule is CC(C)(C)C1CCCN(C(=O)c2cnc(C(F)(F)F)nc2)C1. The summed E-state index contributed by atoms with van der Waals surface area (Å²) in [7, 11) is 0. The van der Waals surface area contributed by atoms with Crippen LogP contribution in [0.3, 0.4) is 0 Å². The van der Waals surface area contributed by atoms with Crippen LogP contribution in [0.4, 0.5) is 13.2 Å². The molecule has 0 radical (unpaired) electrons. The summed E-state index contributed by atoms with van der Waals surface area (Å²) in [5.74, 6) is -1.15. The van der Waals surface area contributed by atoms with E-state index in [9.17, 15) is 18.0 Å². The van der Waals surface area contributed by atoms with Gasteiger partial charge in [0.05, 0.1) is 5.56 Å². The van der Waals surface area contributed by atoms with Crippen LogP contribution in [0.25, 0.3) is 0 Å². The number of aromatic nitrogens is 2. The van der Waals surface area contributed by atoms with Gasteiger partial charge in [-0.15, -0.1) is 0 Å². The topological polar surface area (TPSA) is 46.1 Å². The molecule has 0 spiro atoms. The Balaban J connectivity index is 2.11. The fourth-order valence-electron chi connectivity index (χ4n) is 2.64. The largest absolute Gasteiger partial charge is 0.451 e. The summed E-state index contributed by atoms with van der Waals surface area (Å²) in [6.45, 7) is 7.63. The lowest BCUT2D eigenvalue weighted by Crippen LogP contribution is -2.43. The molecule has 1 aliphatic heterocycles. The van der Waals surface area contributed by atoms with Crippen molar-refractivity contribution in [2.75, 3.05) is 13.1 Å². The van der Waals surface area contributed by atoms with Crippen molar-refractivity contribution in [1.29, 1.82) is 0 Å². The van der Waals surface area contributed by atoms with Gasteiger partial charge < -0.3 is 4.90 Å². The van der Waals surface area contributed by atoms with Crippen LogP contribution < -0.4 is 0 Å². The fourth-order valence-corrected chi connectivity index (χ4v) is 2.64. The summed E-state index contributed by atoms with van der Waals surface area (Å²) in [5, 5.41) is 0. The van der Waals surface area contributed by atoms with Crippen molar-refractivity contribution in [2.24, 2.45) is 11.3 Å². The highest BCUT2D eigenvalue weighted by molar-refractivity contribution is 5.93. The predicted molar refractivity (Wildman–Crippen MR) is 75.1 cm³/mol. The van der Waals surface area contributed by atoms with Crippen molar-refractivity contribution in [3.8, 4) is 0 Å². The summed E-state index contributed by atoms with van der Waals surface area (Å²) in [4.78, 5) is 20.6. The van der Waals surface area contributed by atoms with Crippen molar-refractivity contribution in [3.63, 3.8) is 0 Å². The maximum absolute atomic E-state index is 12.4. The Hall–Kier alpha value is -1.66. The first-order chi connectivity index (χ1) is 10.1. The first-order valence-corrected chi connectivity index (χ1v) is 7.27. The third-order valence-corrected chi connectivity index (χ3v) is 4.09. The average Bonchev–Trinajstić information content (AvgIpc) is 2.45. The van der Waals surface area contributed by atoms with Gasteiger partial charge in [-0.3, -0.25) is 4.79 Å². The number of nitrogens with zero attached hydrogens (tertiary/aromatic N) is 3. The minimum absolute atomic E-state index is 0.0928. The summed E-state index contributed by atoms with van der Waals surface area (Å²) < 4.78 is 37.3. The third kappa shape index (κ3) is 3.75. The molecule has 0 bridgehead atoms. The minimum Gasteiger partial charge on any atom is -0.338 e. The van der Waals surface area contributed by atoms with Crippen molar-refractivity contribution in [3.05, 3.63) is 23.8 Å². The van der Waals surface area contributed by atoms with E-state index in [2.05, 4.69) is 30.7 Å². The van der Waals surface area contributed by atoms with Crippen molar-refractivity contribution in [1.82, 2.24) is 14.9 Å². The molecule has 22 heavy (non-hydrogen) atoms. The molecule has 1 aromatic rings. The lowest BCUT2D eigenvalue weighted by Gasteiger charge is -2.39. The monoisotopic (exact) mass is 315 g/mol. The predicted octanol–water partition coefficient (Wildman–Crippen LogP) is 3.39. The van der Waals surface area contributed by atoms with Crippen molar-refractivity contribution < 1.29 is 18.0 Å². The molecule has 0 aliphatic carbocycles. The second-order valence-corrected chi connectivity index (χ2v) is 6.75. The number of rotatable bonds is 1. The number of carbonyl (C=O) groups is 1. The van der Waals surface area contributed by atoms with Gasteiger partial charge in [0.1, 0.15) is 0 Å². The quantitative estimate of drug-likeness (QED) is 0.798. The van der Waals surface area contributed by atoms with E-state index in [1.54, 1.807) is 4.90 Å². The molecule has 4 nitrogen and oxygen atoms in total. The molecule has 1 unspecified atom stereocenters. The Morgan fingerprint density at radius 2 is 1.82 bits per heavy atom. The molecule has 1 fully saturated rings. The van der Waals surface area contributed by atoms with Gasteiger partial charge >= 0.3 is 6.18 Å². The fraction of sp³-hybridized carbons (Fsp3) is 0.667. The summed E-state index contributed by atoms with van der Waals surface area (Å²) >= 11 is 0. The Kier molecular flexibility index (Phi) is 4.44. The molecule has 1 aromatic heterocycles. The van der Waals surface area contributed by atoms with Crippen molar-refractivity contribution >= 4 is 5.91 Å².